The quantitative estimate of drug-likeness (QED) is 0.246. The van der Waals surface area contributed by atoms with E-state index in [1.807, 2.05) is 48.5 Å². The molecule has 37 heavy (non-hydrogen) atoms. The van der Waals surface area contributed by atoms with Crippen LogP contribution in [-0.4, -0.2) is 43.8 Å². The van der Waals surface area contributed by atoms with Gasteiger partial charge in [-0.2, -0.15) is 10.2 Å². The van der Waals surface area contributed by atoms with Gasteiger partial charge in [0.05, 0.1) is 28.2 Å². The highest BCUT2D eigenvalue weighted by Gasteiger charge is 2.20. The zero-order chi connectivity index (χ0) is 25.8. The number of hydrogen-bond donors (Lipinski definition) is 4. The summed E-state index contributed by atoms with van der Waals surface area (Å²) in [7, 11) is 1.78. The van der Waals surface area contributed by atoms with Gasteiger partial charge in [0.15, 0.2) is 5.69 Å². The second-order valence-corrected chi connectivity index (χ2v) is 8.30. The summed E-state index contributed by atoms with van der Waals surface area (Å²) in [6, 6.07) is 22.9. The van der Waals surface area contributed by atoms with Gasteiger partial charge < -0.3 is 16.0 Å². The first-order valence-electron chi connectivity index (χ1n) is 11.2. The summed E-state index contributed by atoms with van der Waals surface area (Å²) >= 11 is 6.41. The molecular weight excluding hydrogens is 492 g/mol. The number of halogens is 1. The number of anilines is 3. The summed E-state index contributed by atoms with van der Waals surface area (Å²) in [5, 5.41) is 19.7. The number of para-hydroxylation sites is 1. The molecule has 4 N–H and O–H groups in total. The summed E-state index contributed by atoms with van der Waals surface area (Å²) in [5.41, 5.74) is 2.42. The van der Waals surface area contributed by atoms with Crippen LogP contribution in [-0.2, 0) is 0 Å². The summed E-state index contributed by atoms with van der Waals surface area (Å²) in [5.74, 6) is 0.484. The van der Waals surface area contributed by atoms with Crippen molar-refractivity contribution >= 4 is 40.9 Å². The first kappa shape index (κ1) is 23.8. The van der Waals surface area contributed by atoms with Crippen LogP contribution in [0.25, 0.3) is 16.9 Å². The maximum atomic E-state index is 13.4. The van der Waals surface area contributed by atoms with E-state index in [4.69, 9.17) is 11.6 Å². The largest absolute Gasteiger partial charge is 0.373 e. The minimum Gasteiger partial charge on any atom is -0.373 e. The Bertz CT molecular complexity index is 1570. The number of H-pyrrole nitrogens is 1. The van der Waals surface area contributed by atoms with Gasteiger partial charge in [-0.05, 0) is 36.4 Å². The lowest BCUT2D eigenvalue weighted by Crippen LogP contribution is -2.16. The van der Waals surface area contributed by atoms with Crippen molar-refractivity contribution in [1.82, 2.24) is 25.0 Å². The highest BCUT2D eigenvalue weighted by Crippen LogP contribution is 2.27. The van der Waals surface area contributed by atoms with Crippen molar-refractivity contribution in [3.8, 4) is 16.9 Å². The van der Waals surface area contributed by atoms with E-state index < -0.39 is 11.8 Å². The van der Waals surface area contributed by atoms with Crippen molar-refractivity contribution < 1.29 is 9.59 Å². The second-order valence-electron chi connectivity index (χ2n) is 7.89. The molecule has 5 rings (SSSR count). The van der Waals surface area contributed by atoms with Gasteiger partial charge in [-0.3, -0.25) is 14.7 Å². The Labute approximate surface area is 216 Å². The minimum absolute atomic E-state index is 0.0988. The van der Waals surface area contributed by atoms with Crippen LogP contribution in [0.1, 0.15) is 20.8 Å². The smallest absolute Gasteiger partial charge is 0.277 e. The molecule has 0 radical (unpaired) electrons. The van der Waals surface area contributed by atoms with Gasteiger partial charge in [-0.15, -0.1) is 0 Å². The van der Waals surface area contributed by atoms with E-state index in [2.05, 4.69) is 36.2 Å². The molecule has 3 heterocycles. The van der Waals surface area contributed by atoms with Gasteiger partial charge in [-0.25, -0.2) is 9.67 Å². The highest BCUT2D eigenvalue weighted by molar-refractivity contribution is 6.34. The van der Waals surface area contributed by atoms with E-state index in [0.717, 1.165) is 5.56 Å². The van der Waals surface area contributed by atoms with Gasteiger partial charge in [0.2, 0.25) is 0 Å². The molecule has 0 aliphatic heterocycles. The molecule has 184 valence electrons. The topological polar surface area (TPSA) is 130 Å². The zero-order valence-electron chi connectivity index (χ0n) is 19.6. The number of nitrogens with zero attached hydrogens (tertiary/aromatic N) is 4. The van der Waals surface area contributed by atoms with Crippen LogP contribution < -0.4 is 16.0 Å². The molecule has 0 atom stereocenters. The molecule has 5 aromatic rings. The Hall–Kier alpha value is -4.96. The van der Waals surface area contributed by atoms with Gasteiger partial charge in [0.1, 0.15) is 17.5 Å². The Kier molecular flexibility index (Phi) is 6.64. The number of aromatic nitrogens is 5. The number of aromatic amines is 1. The molecular formula is C26H21ClN8O2. The average Bonchev–Trinajstić information content (AvgIpc) is 3.59. The molecule has 0 saturated carbocycles. The lowest BCUT2D eigenvalue weighted by atomic mass is 10.1. The molecule has 11 heteroatoms. The number of carbonyl (C=O) groups is 2. The molecule has 0 aliphatic carbocycles. The van der Waals surface area contributed by atoms with Gasteiger partial charge in [0, 0.05) is 24.7 Å². The fourth-order valence-corrected chi connectivity index (χ4v) is 3.84. The number of amides is 2. The molecule has 0 aliphatic rings. The Morgan fingerprint density at radius 2 is 1.76 bits per heavy atom. The van der Waals surface area contributed by atoms with Crippen LogP contribution in [0.5, 0.6) is 0 Å². The van der Waals surface area contributed by atoms with E-state index >= 15 is 0 Å². The second kappa shape index (κ2) is 10.3. The molecule has 0 unspecified atom stereocenters. The highest BCUT2D eigenvalue weighted by atomic mass is 35.5. The fourth-order valence-electron chi connectivity index (χ4n) is 3.64. The third-order valence-electron chi connectivity index (χ3n) is 5.45. The summed E-state index contributed by atoms with van der Waals surface area (Å²) in [6.07, 6.45) is 1.52. The monoisotopic (exact) mass is 512 g/mol. The van der Waals surface area contributed by atoms with Crippen LogP contribution >= 0.6 is 11.6 Å². The van der Waals surface area contributed by atoms with Crippen LogP contribution in [0.4, 0.5) is 17.5 Å². The minimum atomic E-state index is -0.468. The predicted molar refractivity (Wildman–Crippen MR) is 142 cm³/mol. The van der Waals surface area contributed by atoms with Crippen molar-refractivity contribution in [2.24, 2.45) is 0 Å². The average molecular weight is 513 g/mol. The van der Waals surface area contributed by atoms with Gasteiger partial charge in [-0.1, -0.05) is 41.9 Å². The summed E-state index contributed by atoms with van der Waals surface area (Å²) in [4.78, 5) is 30.7. The maximum Gasteiger partial charge on any atom is 0.277 e. The first-order valence-corrected chi connectivity index (χ1v) is 11.6. The number of pyridine rings is 1. The third kappa shape index (κ3) is 5.19. The summed E-state index contributed by atoms with van der Waals surface area (Å²) < 4.78 is 1.48. The molecule has 0 fully saturated rings. The third-order valence-corrected chi connectivity index (χ3v) is 5.77. The predicted octanol–water partition coefficient (Wildman–Crippen LogP) is 4.86. The van der Waals surface area contributed by atoms with Crippen LogP contribution in [0.2, 0.25) is 5.02 Å². The number of rotatable bonds is 7. The lowest BCUT2D eigenvalue weighted by Gasteiger charge is -2.11. The van der Waals surface area contributed by atoms with E-state index in [1.165, 1.54) is 16.9 Å². The Balaban J connectivity index is 1.47. The Morgan fingerprint density at radius 3 is 2.51 bits per heavy atom. The molecule has 0 spiro atoms. The van der Waals surface area contributed by atoms with Crippen molar-refractivity contribution in [2.75, 3.05) is 23.0 Å². The fraction of sp³-hybridized carbons (Fsp3) is 0.0385. The maximum absolute atomic E-state index is 13.4. The number of carbonyl (C=O) groups excluding carboxylic acids is 2. The van der Waals surface area contributed by atoms with Crippen LogP contribution in [0.3, 0.4) is 0 Å². The molecule has 10 nitrogen and oxygen atoms in total. The molecule has 0 bridgehead atoms. The van der Waals surface area contributed by atoms with Crippen molar-refractivity contribution in [2.45, 2.75) is 0 Å². The van der Waals surface area contributed by atoms with Gasteiger partial charge >= 0.3 is 0 Å². The van der Waals surface area contributed by atoms with Crippen molar-refractivity contribution in [3.63, 3.8) is 0 Å². The summed E-state index contributed by atoms with van der Waals surface area (Å²) in [6.45, 7) is 0. The SMILES string of the molecule is CNc1cccc(-c2ccc(Cl)c(C(=O)Nc3cc(C(=O)Nc4ccn[nH]4)nn3-c3ccccc3)c2)n1. The number of nitrogens with one attached hydrogen (secondary N) is 4. The molecule has 3 aromatic heterocycles. The lowest BCUT2D eigenvalue weighted by molar-refractivity contribution is 0.101. The van der Waals surface area contributed by atoms with Crippen molar-refractivity contribution in [3.05, 3.63) is 101 Å². The molecule has 0 saturated heterocycles. The van der Waals surface area contributed by atoms with Crippen LogP contribution in [0.15, 0.2) is 85.1 Å². The van der Waals surface area contributed by atoms with E-state index in [0.29, 0.717) is 28.8 Å². The van der Waals surface area contributed by atoms with Gasteiger partial charge in [0.25, 0.3) is 11.8 Å². The van der Waals surface area contributed by atoms with E-state index in [1.54, 1.807) is 31.3 Å². The van der Waals surface area contributed by atoms with E-state index in [-0.39, 0.29) is 16.3 Å². The number of benzene rings is 2. The Morgan fingerprint density at radius 1 is 0.919 bits per heavy atom. The normalized spacial score (nSPS) is 10.6. The molecule has 2 amide bonds. The van der Waals surface area contributed by atoms with E-state index in [9.17, 15) is 9.59 Å². The van der Waals surface area contributed by atoms with Crippen molar-refractivity contribution in [1.29, 1.82) is 0 Å². The zero-order valence-corrected chi connectivity index (χ0v) is 20.3. The molecule has 2 aromatic carbocycles. The number of hydrogen-bond acceptors (Lipinski definition) is 6. The standard InChI is InChI=1S/C26H21ClN8O2/c1-28-22-9-5-8-20(30-22)16-10-11-19(27)18(14-16)25(36)32-24-15-21(26(37)31-23-12-13-29-33-23)34-35(24)17-6-3-2-4-7-17/h2-15H,1H3,(H,28,30)(H,32,36)(H2,29,31,33,37). The first-order chi connectivity index (χ1) is 18.0. The van der Waals surface area contributed by atoms with Crippen LogP contribution in [0, 0.1) is 0 Å².